The first-order valence-corrected chi connectivity index (χ1v) is 10.1. The maximum atomic E-state index is 13.0. The average Bonchev–Trinajstić information content (AvgIpc) is 3.39. The Balaban J connectivity index is 1.62. The maximum Gasteiger partial charge on any atom is 0.573 e. The molecule has 1 aliphatic rings. The second kappa shape index (κ2) is 8.56. The zero-order valence-electron chi connectivity index (χ0n) is 17.8. The molecule has 1 fully saturated rings. The van der Waals surface area contributed by atoms with Crippen LogP contribution >= 0.6 is 0 Å². The van der Waals surface area contributed by atoms with Gasteiger partial charge in [0.2, 0.25) is 0 Å². The molecule has 0 unspecified atom stereocenters. The highest BCUT2D eigenvalue weighted by Gasteiger charge is 2.35. The van der Waals surface area contributed by atoms with E-state index in [9.17, 15) is 22.8 Å². The van der Waals surface area contributed by atoms with Gasteiger partial charge in [-0.25, -0.2) is 4.79 Å². The molecular weight excluding hydrogens is 449 g/mol. The van der Waals surface area contributed by atoms with Crippen LogP contribution < -0.4 is 20.7 Å². The van der Waals surface area contributed by atoms with Crippen molar-refractivity contribution in [2.45, 2.75) is 38.5 Å². The molecule has 3 heterocycles. The van der Waals surface area contributed by atoms with Gasteiger partial charge < -0.3 is 23.9 Å². The van der Waals surface area contributed by atoms with Gasteiger partial charge in [0.25, 0.3) is 5.56 Å². The van der Waals surface area contributed by atoms with E-state index in [4.69, 9.17) is 14.2 Å². The summed E-state index contributed by atoms with van der Waals surface area (Å²) in [5.41, 5.74) is -1.16. The number of H-pyrrole nitrogens is 1. The van der Waals surface area contributed by atoms with Gasteiger partial charge in [-0.15, -0.1) is 13.2 Å². The first-order valence-electron chi connectivity index (χ1n) is 10.1. The third kappa shape index (κ3) is 4.73. The third-order valence-electron chi connectivity index (χ3n) is 5.28. The van der Waals surface area contributed by atoms with Crippen LogP contribution in [0.15, 0.2) is 33.9 Å². The van der Waals surface area contributed by atoms with E-state index in [1.54, 1.807) is 0 Å². The number of nitrogens with zero attached hydrogens (tertiary/aromatic N) is 3. The van der Waals surface area contributed by atoms with E-state index >= 15 is 0 Å². The number of rotatable bonds is 7. The number of halogens is 3. The van der Waals surface area contributed by atoms with Crippen LogP contribution in [0, 0.1) is 0 Å². The summed E-state index contributed by atoms with van der Waals surface area (Å²) < 4.78 is 60.2. The Hall–Kier alpha value is -3.32. The number of nitrogens with one attached hydrogen (secondary N) is 1. The maximum absolute atomic E-state index is 13.0. The van der Waals surface area contributed by atoms with Gasteiger partial charge >= 0.3 is 18.1 Å². The number of hydrogen-bond acceptors (Lipinski definition) is 7. The fourth-order valence-corrected chi connectivity index (χ4v) is 3.62. The molecule has 2 aromatic heterocycles. The summed E-state index contributed by atoms with van der Waals surface area (Å²) in [5.74, 6) is -1.33. The average molecular weight is 470 g/mol. The van der Waals surface area contributed by atoms with Crippen molar-refractivity contribution in [2.75, 3.05) is 13.2 Å². The molecule has 3 aromatic rings. The Bertz CT molecular complexity index is 1270. The molecule has 10 nitrogen and oxygen atoms in total. The summed E-state index contributed by atoms with van der Waals surface area (Å²) in [6.07, 6.45) is -4.00. The molecule has 0 saturated carbocycles. The van der Waals surface area contributed by atoms with Crippen LogP contribution in [-0.4, -0.2) is 44.5 Å². The molecule has 1 saturated heterocycles. The van der Waals surface area contributed by atoms with E-state index in [0.717, 1.165) is 16.7 Å². The zero-order valence-corrected chi connectivity index (χ0v) is 17.8. The van der Waals surface area contributed by atoms with Gasteiger partial charge in [0.1, 0.15) is 11.5 Å². The van der Waals surface area contributed by atoms with Crippen molar-refractivity contribution in [1.29, 1.82) is 0 Å². The largest absolute Gasteiger partial charge is 0.573 e. The minimum Gasteiger partial charge on any atom is -0.425 e. The van der Waals surface area contributed by atoms with Crippen LogP contribution in [0.2, 0.25) is 0 Å². The van der Waals surface area contributed by atoms with E-state index < -0.39 is 29.1 Å². The monoisotopic (exact) mass is 470 g/mol. The third-order valence-corrected chi connectivity index (χ3v) is 5.28. The number of aromatic nitrogens is 4. The lowest BCUT2D eigenvalue weighted by atomic mass is 10.1. The number of aryl methyl sites for hydroxylation is 1. The molecule has 33 heavy (non-hydrogen) atoms. The van der Waals surface area contributed by atoms with Gasteiger partial charge in [-0.1, -0.05) is 13.0 Å². The summed E-state index contributed by atoms with van der Waals surface area (Å²) in [7, 11) is 1.45. The Labute approximate surface area is 184 Å². The number of benzene rings is 1. The normalized spacial score (nSPS) is 15.8. The summed E-state index contributed by atoms with van der Waals surface area (Å²) in [6.45, 7) is 2.83. The van der Waals surface area contributed by atoms with Gasteiger partial charge in [0.05, 0.1) is 13.2 Å². The van der Waals surface area contributed by atoms with Crippen LogP contribution in [0.1, 0.15) is 19.8 Å². The molecule has 0 spiro atoms. The van der Waals surface area contributed by atoms with Crippen LogP contribution in [0.4, 0.5) is 13.2 Å². The number of hydrogen-bond donors (Lipinski definition) is 1. The molecule has 0 amide bonds. The Kier molecular flexibility index (Phi) is 5.93. The lowest BCUT2D eigenvalue weighted by molar-refractivity contribution is -0.274. The van der Waals surface area contributed by atoms with Gasteiger partial charge in [0, 0.05) is 26.1 Å². The van der Waals surface area contributed by atoms with Crippen molar-refractivity contribution in [3.05, 3.63) is 45.1 Å². The van der Waals surface area contributed by atoms with E-state index in [1.807, 2.05) is 6.92 Å². The van der Waals surface area contributed by atoms with E-state index in [2.05, 4.69) is 14.7 Å². The molecule has 13 heteroatoms. The number of ether oxygens (including phenoxy) is 4. The fraction of sp³-hybridized carbons (Fsp3) is 0.450. The summed E-state index contributed by atoms with van der Waals surface area (Å²) >= 11 is 0. The predicted octanol–water partition coefficient (Wildman–Crippen LogP) is 2.66. The quantitative estimate of drug-likeness (QED) is 0.565. The van der Waals surface area contributed by atoms with Gasteiger partial charge in [-0.2, -0.15) is 4.98 Å². The lowest BCUT2D eigenvalue weighted by Crippen LogP contribution is -2.41. The lowest BCUT2D eigenvalue weighted by Gasteiger charge is -2.25. The van der Waals surface area contributed by atoms with Crippen molar-refractivity contribution < 1.29 is 32.1 Å². The van der Waals surface area contributed by atoms with Crippen molar-refractivity contribution in [1.82, 2.24) is 19.1 Å². The molecule has 0 aliphatic carbocycles. The summed E-state index contributed by atoms with van der Waals surface area (Å²) in [5, 5.41) is 0. The van der Waals surface area contributed by atoms with E-state index in [0.29, 0.717) is 26.1 Å². The first-order chi connectivity index (χ1) is 15.6. The van der Waals surface area contributed by atoms with Gasteiger partial charge in [-0.3, -0.25) is 13.9 Å². The molecule has 178 valence electrons. The molecule has 1 aromatic carbocycles. The molecular formula is C20H21F3N4O6. The minimum absolute atomic E-state index is 0.00797. The Morgan fingerprint density at radius 3 is 2.58 bits per heavy atom. The highest BCUT2D eigenvalue weighted by molar-refractivity contribution is 5.70. The molecule has 0 atom stereocenters. The smallest absolute Gasteiger partial charge is 0.425 e. The predicted molar refractivity (Wildman–Crippen MR) is 108 cm³/mol. The Morgan fingerprint density at radius 2 is 1.91 bits per heavy atom. The SMILES string of the molecule is CCC1(CCn2c(=O)c3[nH]c(Oc4cccc(OC(F)(F)F)c4)nc3n(C)c2=O)OCCO1. The van der Waals surface area contributed by atoms with Crippen molar-refractivity contribution in [2.24, 2.45) is 7.05 Å². The molecule has 1 aliphatic heterocycles. The van der Waals surface area contributed by atoms with Crippen molar-refractivity contribution in [3.8, 4) is 17.5 Å². The highest BCUT2D eigenvalue weighted by atomic mass is 19.4. The van der Waals surface area contributed by atoms with Gasteiger partial charge in [0.15, 0.2) is 17.0 Å². The summed E-state index contributed by atoms with van der Waals surface area (Å²) in [6, 6.07) is 4.65. The second-order valence-corrected chi connectivity index (χ2v) is 7.37. The fourth-order valence-electron chi connectivity index (χ4n) is 3.62. The first kappa shape index (κ1) is 22.9. The molecule has 4 rings (SSSR count). The summed E-state index contributed by atoms with van der Waals surface area (Å²) in [4.78, 5) is 32.5. The molecule has 0 radical (unpaired) electrons. The topological polar surface area (TPSA) is 110 Å². The van der Waals surface area contributed by atoms with Gasteiger partial charge in [-0.05, 0) is 18.6 Å². The number of fused-ring (bicyclic) bond motifs is 1. The minimum atomic E-state index is -4.85. The molecule has 1 N–H and O–H groups in total. The number of imidazole rings is 1. The van der Waals surface area contributed by atoms with Crippen LogP contribution in [0.5, 0.6) is 17.5 Å². The number of aromatic amines is 1. The van der Waals surface area contributed by atoms with Crippen molar-refractivity contribution in [3.63, 3.8) is 0 Å². The van der Waals surface area contributed by atoms with Crippen LogP contribution in [0.3, 0.4) is 0 Å². The Morgan fingerprint density at radius 1 is 1.21 bits per heavy atom. The standard InChI is InChI=1S/C20H21F3N4O6/c1-3-19(30-9-10-31-19)7-8-27-16(28)14-15(26(2)18(27)29)25-17(24-14)32-12-5-4-6-13(11-12)33-20(21,22)23/h4-6,11H,3,7-10H2,1-2H3,(H,24,25). The van der Waals surface area contributed by atoms with Crippen molar-refractivity contribution >= 4 is 11.2 Å². The number of alkyl halides is 3. The second-order valence-electron chi connectivity index (χ2n) is 7.37. The van der Waals surface area contributed by atoms with E-state index in [1.165, 1.54) is 23.7 Å². The van der Waals surface area contributed by atoms with Crippen LogP contribution in [-0.2, 0) is 23.1 Å². The van der Waals surface area contributed by atoms with Crippen LogP contribution in [0.25, 0.3) is 11.2 Å². The zero-order chi connectivity index (χ0) is 23.8. The molecule has 0 bridgehead atoms. The highest BCUT2D eigenvalue weighted by Crippen LogP contribution is 2.29. The van der Waals surface area contributed by atoms with E-state index in [-0.39, 0.29) is 29.5 Å².